The summed E-state index contributed by atoms with van der Waals surface area (Å²) in [6, 6.07) is 4.81. The number of ether oxygens (including phenoxy) is 1. The van der Waals surface area contributed by atoms with Crippen LogP contribution in [0.4, 0.5) is 0 Å². The summed E-state index contributed by atoms with van der Waals surface area (Å²) in [6.45, 7) is 0.704. The van der Waals surface area contributed by atoms with E-state index in [0.717, 1.165) is 17.1 Å². The largest absolute Gasteiger partial charge is 0.478 e. The molecule has 0 aliphatic rings. The highest BCUT2D eigenvalue weighted by Gasteiger charge is 2.06. The van der Waals surface area contributed by atoms with Crippen LogP contribution in [-0.4, -0.2) is 30.5 Å². The lowest BCUT2D eigenvalue weighted by atomic mass is 10.1. The highest BCUT2D eigenvalue weighted by molar-refractivity contribution is 7.98. The van der Waals surface area contributed by atoms with Crippen molar-refractivity contribution in [3.8, 4) is 0 Å². The summed E-state index contributed by atoms with van der Waals surface area (Å²) in [7, 11) is 1.66. The first-order valence-corrected chi connectivity index (χ1v) is 6.27. The molecule has 0 saturated heterocycles. The Morgan fingerprint density at radius 2 is 2.31 bits per heavy atom. The molecule has 0 unspecified atom stereocenters. The molecule has 0 spiro atoms. The van der Waals surface area contributed by atoms with Crippen molar-refractivity contribution in [1.29, 1.82) is 0 Å². The van der Waals surface area contributed by atoms with Crippen molar-refractivity contribution in [2.24, 2.45) is 0 Å². The van der Waals surface area contributed by atoms with Gasteiger partial charge < -0.3 is 9.84 Å². The van der Waals surface area contributed by atoms with Gasteiger partial charge in [0.2, 0.25) is 0 Å². The normalized spacial score (nSPS) is 10.4. The van der Waals surface area contributed by atoms with Crippen LogP contribution in [0.15, 0.2) is 18.2 Å². The van der Waals surface area contributed by atoms with Crippen LogP contribution in [0.25, 0.3) is 0 Å². The Balaban J connectivity index is 2.57. The van der Waals surface area contributed by atoms with Crippen molar-refractivity contribution in [2.75, 3.05) is 19.5 Å². The lowest BCUT2D eigenvalue weighted by Crippen LogP contribution is -1.97. The minimum Gasteiger partial charge on any atom is -0.478 e. The van der Waals surface area contributed by atoms with Gasteiger partial charge in [0, 0.05) is 23.6 Å². The maximum atomic E-state index is 10.7. The summed E-state index contributed by atoms with van der Waals surface area (Å²) in [4.78, 5) is 10.7. The van der Waals surface area contributed by atoms with Crippen LogP contribution < -0.4 is 0 Å². The van der Waals surface area contributed by atoms with E-state index in [1.54, 1.807) is 31.0 Å². The zero-order chi connectivity index (χ0) is 12.0. The van der Waals surface area contributed by atoms with Gasteiger partial charge in [-0.2, -0.15) is 11.8 Å². The van der Waals surface area contributed by atoms with E-state index in [4.69, 9.17) is 21.4 Å². The van der Waals surface area contributed by atoms with E-state index in [9.17, 15) is 4.79 Å². The van der Waals surface area contributed by atoms with E-state index >= 15 is 0 Å². The van der Waals surface area contributed by atoms with Gasteiger partial charge >= 0.3 is 5.97 Å². The lowest BCUT2D eigenvalue weighted by molar-refractivity contribution is 0.0697. The van der Waals surface area contributed by atoms with Crippen molar-refractivity contribution in [2.45, 2.75) is 5.75 Å². The maximum absolute atomic E-state index is 10.7. The summed E-state index contributed by atoms with van der Waals surface area (Å²) in [6.07, 6.45) is 0. The molecule has 0 atom stereocenters. The van der Waals surface area contributed by atoms with Crippen LogP contribution in [0.5, 0.6) is 0 Å². The van der Waals surface area contributed by atoms with Gasteiger partial charge in [0.15, 0.2) is 0 Å². The highest BCUT2D eigenvalue weighted by Crippen LogP contribution is 2.22. The lowest BCUT2D eigenvalue weighted by Gasteiger charge is -2.05. The average molecular weight is 261 g/mol. The van der Waals surface area contributed by atoms with E-state index < -0.39 is 5.97 Å². The Morgan fingerprint density at radius 1 is 1.56 bits per heavy atom. The highest BCUT2D eigenvalue weighted by atomic mass is 35.5. The second-order valence-corrected chi connectivity index (χ2v) is 4.67. The third-order valence-corrected chi connectivity index (χ3v) is 3.31. The Hall–Kier alpha value is -0.710. The number of benzene rings is 1. The van der Waals surface area contributed by atoms with Crippen LogP contribution in [0.1, 0.15) is 15.9 Å². The van der Waals surface area contributed by atoms with Crippen LogP contribution in [0.2, 0.25) is 5.02 Å². The predicted octanol–water partition coefficient (Wildman–Crippen LogP) is 2.92. The Bertz CT molecular complexity index is 368. The van der Waals surface area contributed by atoms with Gasteiger partial charge in [-0.05, 0) is 17.7 Å². The molecule has 0 amide bonds. The molecule has 0 bridgehead atoms. The minimum atomic E-state index is -0.958. The van der Waals surface area contributed by atoms with Gasteiger partial charge in [0.25, 0.3) is 0 Å². The number of carboxylic acid groups (broad SMARTS) is 1. The fourth-order valence-corrected chi connectivity index (χ4v) is 2.35. The summed E-state index contributed by atoms with van der Waals surface area (Å²) >= 11 is 7.68. The fraction of sp³-hybridized carbons (Fsp3) is 0.364. The molecule has 0 aromatic heterocycles. The van der Waals surface area contributed by atoms with E-state index in [1.165, 1.54) is 6.07 Å². The maximum Gasteiger partial charge on any atom is 0.335 e. The first-order chi connectivity index (χ1) is 7.65. The van der Waals surface area contributed by atoms with Crippen molar-refractivity contribution in [3.05, 3.63) is 34.3 Å². The van der Waals surface area contributed by atoms with Crippen LogP contribution in [0, 0.1) is 0 Å². The van der Waals surface area contributed by atoms with Crippen LogP contribution in [0.3, 0.4) is 0 Å². The van der Waals surface area contributed by atoms with Crippen molar-refractivity contribution < 1.29 is 14.6 Å². The molecule has 0 saturated carbocycles. The SMILES string of the molecule is COCCSCc1ccc(C(=O)O)cc1Cl. The van der Waals surface area contributed by atoms with Gasteiger partial charge in [-0.3, -0.25) is 0 Å². The Labute approximate surface area is 104 Å². The number of carbonyl (C=O) groups is 1. The van der Waals surface area contributed by atoms with Crippen molar-refractivity contribution >= 4 is 29.3 Å². The smallest absolute Gasteiger partial charge is 0.335 e. The summed E-state index contributed by atoms with van der Waals surface area (Å²) < 4.78 is 4.93. The van der Waals surface area contributed by atoms with E-state index in [2.05, 4.69) is 0 Å². The fourth-order valence-electron chi connectivity index (χ4n) is 1.12. The molecule has 0 fully saturated rings. The average Bonchev–Trinajstić information content (AvgIpc) is 2.26. The minimum absolute atomic E-state index is 0.218. The number of halogens is 1. The molecular formula is C11H13ClO3S. The van der Waals surface area contributed by atoms with E-state index in [0.29, 0.717) is 11.6 Å². The van der Waals surface area contributed by atoms with Gasteiger partial charge in [-0.1, -0.05) is 17.7 Å². The van der Waals surface area contributed by atoms with Crippen LogP contribution in [-0.2, 0) is 10.5 Å². The topological polar surface area (TPSA) is 46.5 Å². The van der Waals surface area contributed by atoms with Gasteiger partial charge in [0.1, 0.15) is 0 Å². The van der Waals surface area contributed by atoms with Crippen molar-refractivity contribution in [1.82, 2.24) is 0 Å². The molecule has 1 N–H and O–H groups in total. The number of thioether (sulfide) groups is 1. The first kappa shape index (κ1) is 13.4. The van der Waals surface area contributed by atoms with Gasteiger partial charge in [-0.25, -0.2) is 4.79 Å². The second-order valence-electron chi connectivity index (χ2n) is 3.16. The zero-order valence-electron chi connectivity index (χ0n) is 8.90. The Morgan fingerprint density at radius 3 is 2.88 bits per heavy atom. The van der Waals surface area contributed by atoms with Crippen LogP contribution >= 0.6 is 23.4 Å². The molecular weight excluding hydrogens is 248 g/mol. The van der Waals surface area contributed by atoms with E-state index in [-0.39, 0.29) is 5.56 Å². The number of methoxy groups -OCH3 is 1. The number of hydrogen-bond acceptors (Lipinski definition) is 3. The van der Waals surface area contributed by atoms with Gasteiger partial charge in [0.05, 0.1) is 12.2 Å². The van der Waals surface area contributed by atoms with Crippen molar-refractivity contribution in [3.63, 3.8) is 0 Å². The molecule has 0 radical (unpaired) electrons. The summed E-state index contributed by atoms with van der Waals surface area (Å²) in [5, 5.41) is 9.27. The monoisotopic (exact) mass is 260 g/mol. The standard InChI is InChI=1S/C11H13ClO3S/c1-15-4-5-16-7-9-3-2-8(11(13)14)6-10(9)12/h2-3,6H,4-5,7H2,1H3,(H,13,14). The predicted molar refractivity (Wildman–Crippen MR) is 66.4 cm³/mol. The Kier molecular flexibility index (Phi) is 5.66. The molecule has 1 aromatic carbocycles. The van der Waals surface area contributed by atoms with E-state index in [1.807, 2.05) is 0 Å². The molecule has 0 heterocycles. The number of hydrogen-bond donors (Lipinski definition) is 1. The summed E-state index contributed by atoms with van der Waals surface area (Å²) in [5.41, 5.74) is 1.17. The molecule has 1 rings (SSSR count). The summed E-state index contributed by atoms with van der Waals surface area (Å²) in [5.74, 6) is 0.704. The number of aromatic carboxylic acids is 1. The molecule has 5 heteroatoms. The number of carboxylic acids is 1. The second kappa shape index (κ2) is 6.78. The zero-order valence-corrected chi connectivity index (χ0v) is 10.5. The molecule has 0 aliphatic carbocycles. The third kappa shape index (κ3) is 4.04. The molecule has 88 valence electrons. The molecule has 16 heavy (non-hydrogen) atoms. The first-order valence-electron chi connectivity index (χ1n) is 4.73. The number of rotatable bonds is 6. The molecule has 1 aromatic rings. The van der Waals surface area contributed by atoms with Gasteiger partial charge in [-0.15, -0.1) is 0 Å². The third-order valence-electron chi connectivity index (χ3n) is 1.99. The molecule has 3 nitrogen and oxygen atoms in total. The quantitative estimate of drug-likeness (QED) is 0.799. The molecule has 0 aliphatic heterocycles.